The van der Waals surface area contributed by atoms with Crippen molar-refractivity contribution in [2.45, 2.75) is 19.7 Å². The molecule has 112 valence electrons. The summed E-state index contributed by atoms with van der Waals surface area (Å²) in [7, 11) is 1.58. The van der Waals surface area contributed by atoms with Crippen LogP contribution in [0.5, 0.6) is 5.75 Å². The summed E-state index contributed by atoms with van der Waals surface area (Å²) in [6.07, 6.45) is -4.37. The lowest BCUT2D eigenvalue weighted by Gasteiger charge is -2.13. The third-order valence-corrected chi connectivity index (χ3v) is 3.04. The van der Waals surface area contributed by atoms with Crippen molar-refractivity contribution in [1.82, 2.24) is 0 Å². The second kappa shape index (κ2) is 6.08. The zero-order valence-electron chi connectivity index (χ0n) is 11.8. The van der Waals surface area contributed by atoms with E-state index in [0.29, 0.717) is 17.0 Å². The standard InChI is InChI=1S/C16H16F3NO/c1-11-3-5-15(6-4-11)21-10-12-7-13(16(17,18)19)9-14(8-12)20-2/h3-9,20H,10H2,1-2H3. The Morgan fingerprint density at radius 3 is 2.29 bits per heavy atom. The number of aryl methyl sites for hydroxylation is 1. The molecule has 0 spiro atoms. The molecule has 2 nitrogen and oxygen atoms in total. The van der Waals surface area contributed by atoms with Crippen LogP contribution in [0.1, 0.15) is 16.7 Å². The maximum Gasteiger partial charge on any atom is 0.416 e. The molecule has 2 aromatic rings. The number of hydrogen-bond acceptors (Lipinski definition) is 2. The van der Waals surface area contributed by atoms with Gasteiger partial charge in [0.25, 0.3) is 0 Å². The van der Waals surface area contributed by atoms with E-state index < -0.39 is 11.7 Å². The van der Waals surface area contributed by atoms with Crippen molar-refractivity contribution in [3.8, 4) is 5.75 Å². The molecule has 0 saturated carbocycles. The quantitative estimate of drug-likeness (QED) is 0.887. The first-order valence-corrected chi connectivity index (χ1v) is 6.47. The molecule has 0 atom stereocenters. The lowest BCUT2D eigenvalue weighted by Crippen LogP contribution is -2.08. The van der Waals surface area contributed by atoms with Gasteiger partial charge in [-0.25, -0.2) is 0 Å². The molecule has 0 saturated heterocycles. The van der Waals surface area contributed by atoms with E-state index in [2.05, 4.69) is 5.32 Å². The molecule has 5 heteroatoms. The summed E-state index contributed by atoms with van der Waals surface area (Å²) in [5, 5.41) is 2.73. The number of alkyl halides is 3. The van der Waals surface area contributed by atoms with E-state index in [1.807, 2.05) is 19.1 Å². The first-order chi connectivity index (χ1) is 9.88. The number of anilines is 1. The Balaban J connectivity index is 2.17. The molecular weight excluding hydrogens is 279 g/mol. The summed E-state index contributed by atoms with van der Waals surface area (Å²) in [5.41, 5.74) is 1.29. The molecule has 0 aliphatic rings. The van der Waals surface area contributed by atoms with Gasteiger partial charge in [0.15, 0.2) is 0 Å². The number of benzene rings is 2. The Kier molecular flexibility index (Phi) is 4.40. The lowest BCUT2D eigenvalue weighted by atomic mass is 10.1. The fourth-order valence-electron chi connectivity index (χ4n) is 1.88. The van der Waals surface area contributed by atoms with Crippen LogP contribution in [0.3, 0.4) is 0 Å². The largest absolute Gasteiger partial charge is 0.489 e. The average Bonchev–Trinajstić information content (AvgIpc) is 2.45. The van der Waals surface area contributed by atoms with E-state index in [0.717, 1.165) is 17.7 Å². The summed E-state index contributed by atoms with van der Waals surface area (Å²) in [5.74, 6) is 0.629. The van der Waals surface area contributed by atoms with Crippen LogP contribution in [-0.4, -0.2) is 7.05 Å². The van der Waals surface area contributed by atoms with Crippen molar-refractivity contribution >= 4 is 5.69 Å². The molecule has 0 unspecified atom stereocenters. The van der Waals surface area contributed by atoms with Crippen molar-refractivity contribution < 1.29 is 17.9 Å². The normalized spacial score (nSPS) is 11.3. The molecule has 0 amide bonds. The minimum Gasteiger partial charge on any atom is -0.489 e. The minimum absolute atomic E-state index is 0.0850. The Morgan fingerprint density at radius 2 is 1.71 bits per heavy atom. The first-order valence-electron chi connectivity index (χ1n) is 6.47. The number of rotatable bonds is 4. The van der Waals surface area contributed by atoms with Gasteiger partial charge in [0.2, 0.25) is 0 Å². The van der Waals surface area contributed by atoms with Gasteiger partial charge in [-0.1, -0.05) is 17.7 Å². The van der Waals surface area contributed by atoms with Crippen LogP contribution in [0.25, 0.3) is 0 Å². The van der Waals surface area contributed by atoms with Crippen LogP contribution in [0.2, 0.25) is 0 Å². The summed E-state index contributed by atoms with van der Waals surface area (Å²) in [4.78, 5) is 0. The summed E-state index contributed by atoms with van der Waals surface area (Å²) < 4.78 is 44.0. The van der Waals surface area contributed by atoms with E-state index in [-0.39, 0.29) is 6.61 Å². The third kappa shape index (κ3) is 4.15. The van der Waals surface area contributed by atoms with Crippen LogP contribution in [0, 0.1) is 6.92 Å². The predicted octanol–water partition coefficient (Wildman–Crippen LogP) is 4.63. The van der Waals surface area contributed by atoms with Gasteiger partial charge in [-0.15, -0.1) is 0 Å². The van der Waals surface area contributed by atoms with Crippen LogP contribution in [-0.2, 0) is 12.8 Å². The van der Waals surface area contributed by atoms with Crippen molar-refractivity contribution in [3.63, 3.8) is 0 Å². The fourth-order valence-corrected chi connectivity index (χ4v) is 1.88. The fraction of sp³-hybridized carbons (Fsp3) is 0.250. The number of ether oxygens (including phenoxy) is 1. The van der Waals surface area contributed by atoms with Crippen LogP contribution in [0.4, 0.5) is 18.9 Å². The third-order valence-electron chi connectivity index (χ3n) is 3.04. The molecule has 2 aromatic carbocycles. The molecule has 0 radical (unpaired) electrons. The number of hydrogen-bond donors (Lipinski definition) is 1. The highest BCUT2D eigenvalue weighted by atomic mass is 19.4. The van der Waals surface area contributed by atoms with E-state index in [1.54, 1.807) is 25.2 Å². The van der Waals surface area contributed by atoms with Crippen LogP contribution < -0.4 is 10.1 Å². The molecule has 0 aliphatic carbocycles. The molecular formula is C16H16F3NO. The van der Waals surface area contributed by atoms with E-state index >= 15 is 0 Å². The molecule has 21 heavy (non-hydrogen) atoms. The van der Waals surface area contributed by atoms with Crippen LogP contribution in [0.15, 0.2) is 42.5 Å². The van der Waals surface area contributed by atoms with Gasteiger partial charge in [0, 0.05) is 12.7 Å². The summed E-state index contributed by atoms with van der Waals surface area (Å²) in [6, 6.07) is 11.2. The molecule has 0 aliphatic heterocycles. The van der Waals surface area contributed by atoms with Gasteiger partial charge in [-0.05, 0) is 42.8 Å². The highest BCUT2D eigenvalue weighted by Crippen LogP contribution is 2.32. The molecule has 2 rings (SSSR count). The summed E-state index contributed by atoms with van der Waals surface area (Å²) in [6.45, 7) is 2.04. The van der Waals surface area contributed by atoms with E-state index in [4.69, 9.17) is 4.74 Å². The zero-order chi connectivity index (χ0) is 15.5. The Bertz CT molecular complexity index is 606. The van der Waals surface area contributed by atoms with Gasteiger partial charge < -0.3 is 10.1 Å². The molecule has 0 heterocycles. The maximum absolute atomic E-state index is 12.8. The average molecular weight is 295 g/mol. The first kappa shape index (κ1) is 15.2. The van der Waals surface area contributed by atoms with Gasteiger partial charge in [0.05, 0.1) is 5.56 Å². The highest BCUT2D eigenvalue weighted by Gasteiger charge is 2.31. The van der Waals surface area contributed by atoms with Crippen molar-refractivity contribution in [3.05, 3.63) is 59.2 Å². The Morgan fingerprint density at radius 1 is 1.05 bits per heavy atom. The molecule has 0 aromatic heterocycles. The van der Waals surface area contributed by atoms with E-state index in [9.17, 15) is 13.2 Å². The Labute approximate surface area is 121 Å². The topological polar surface area (TPSA) is 21.3 Å². The monoisotopic (exact) mass is 295 g/mol. The maximum atomic E-state index is 12.8. The predicted molar refractivity (Wildman–Crippen MR) is 76.5 cm³/mol. The lowest BCUT2D eigenvalue weighted by molar-refractivity contribution is -0.137. The Hall–Kier alpha value is -2.17. The highest BCUT2D eigenvalue weighted by molar-refractivity contribution is 5.49. The molecule has 1 N–H and O–H groups in total. The van der Waals surface area contributed by atoms with E-state index in [1.165, 1.54) is 0 Å². The minimum atomic E-state index is -4.37. The van der Waals surface area contributed by atoms with Gasteiger partial charge in [-0.2, -0.15) is 13.2 Å². The smallest absolute Gasteiger partial charge is 0.416 e. The second-order valence-electron chi connectivity index (χ2n) is 4.77. The second-order valence-corrected chi connectivity index (χ2v) is 4.77. The SMILES string of the molecule is CNc1cc(COc2ccc(C)cc2)cc(C(F)(F)F)c1. The molecule has 0 fully saturated rings. The molecule has 0 bridgehead atoms. The van der Waals surface area contributed by atoms with Crippen LogP contribution >= 0.6 is 0 Å². The van der Waals surface area contributed by atoms with Crippen molar-refractivity contribution in [2.24, 2.45) is 0 Å². The number of nitrogens with one attached hydrogen (secondary N) is 1. The zero-order valence-corrected chi connectivity index (χ0v) is 11.8. The van der Waals surface area contributed by atoms with Gasteiger partial charge in [-0.3, -0.25) is 0 Å². The van der Waals surface area contributed by atoms with Crippen molar-refractivity contribution in [1.29, 1.82) is 0 Å². The van der Waals surface area contributed by atoms with Gasteiger partial charge in [0.1, 0.15) is 12.4 Å². The van der Waals surface area contributed by atoms with Gasteiger partial charge >= 0.3 is 6.18 Å². The van der Waals surface area contributed by atoms with Crippen molar-refractivity contribution in [2.75, 3.05) is 12.4 Å². The number of halogens is 3. The summed E-state index contributed by atoms with van der Waals surface area (Å²) >= 11 is 0.